The SMILES string of the molecule is COC(CN)CC(=O)N(CC(=O)O)CC(C)C. The molecule has 0 aliphatic carbocycles. The molecule has 0 aliphatic rings. The van der Waals surface area contributed by atoms with Crippen LogP contribution < -0.4 is 5.73 Å². The Hall–Kier alpha value is -1.14. The Morgan fingerprint density at radius 2 is 2.00 bits per heavy atom. The number of methoxy groups -OCH3 is 1. The molecule has 1 atom stereocenters. The van der Waals surface area contributed by atoms with Crippen LogP contribution in [0.15, 0.2) is 0 Å². The zero-order chi connectivity index (χ0) is 13.4. The van der Waals surface area contributed by atoms with Gasteiger partial charge in [0.2, 0.25) is 5.91 Å². The summed E-state index contributed by atoms with van der Waals surface area (Å²) in [5.41, 5.74) is 5.42. The van der Waals surface area contributed by atoms with E-state index in [-0.39, 0.29) is 37.4 Å². The lowest BCUT2D eigenvalue weighted by Crippen LogP contribution is -2.41. The van der Waals surface area contributed by atoms with E-state index >= 15 is 0 Å². The second-order valence-corrected chi connectivity index (χ2v) is 4.36. The minimum absolute atomic E-state index is 0.118. The summed E-state index contributed by atoms with van der Waals surface area (Å²) in [6, 6.07) is 0. The van der Waals surface area contributed by atoms with Gasteiger partial charge in [-0.2, -0.15) is 0 Å². The summed E-state index contributed by atoms with van der Waals surface area (Å²) in [5.74, 6) is -1.03. The van der Waals surface area contributed by atoms with Crippen molar-refractivity contribution in [2.75, 3.05) is 26.7 Å². The molecule has 0 aromatic carbocycles. The van der Waals surface area contributed by atoms with Gasteiger partial charge >= 0.3 is 5.97 Å². The van der Waals surface area contributed by atoms with Crippen molar-refractivity contribution < 1.29 is 19.4 Å². The van der Waals surface area contributed by atoms with Crippen LogP contribution in [0.1, 0.15) is 20.3 Å². The molecular weight excluding hydrogens is 224 g/mol. The molecule has 1 unspecified atom stereocenters. The summed E-state index contributed by atoms with van der Waals surface area (Å²) in [5, 5.41) is 8.74. The molecular formula is C11H22N2O4. The topological polar surface area (TPSA) is 92.9 Å². The average Bonchev–Trinajstić information content (AvgIpc) is 2.23. The van der Waals surface area contributed by atoms with E-state index in [1.165, 1.54) is 12.0 Å². The Morgan fingerprint density at radius 1 is 1.41 bits per heavy atom. The quantitative estimate of drug-likeness (QED) is 0.625. The van der Waals surface area contributed by atoms with Gasteiger partial charge in [-0.25, -0.2) is 0 Å². The number of amides is 1. The second kappa shape index (κ2) is 8.03. The molecule has 0 fully saturated rings. The van der Waals surface area contributed by atoms with Crippen LogP contribution in [-0.2, 0) is 14.3 Å². The van der Waals surface area contributed by atoms with Gasteiger partial charge in [0, 0.05) is 20.2 Å². The molecule has 6 nitrogen and oxygen atoms in total. The number of ether oxygens (including phenoxy) is 1. The number of carboxylic acid groups (broad SMARTS) is 1. The molecule has 0 aliphatic heterocycles. The van der Waals surface area contributed by atoms with E-state index in [2.05, 4.69) is 0 Å². The Labute approximate surface area is 102 Å². The number of hydrogen-bond acceptors (Lipinski definition) is 4. The fraction of sp³-hybridized carbons (Fsp3) is 0.818. The van der Waals surface area contributed by atoms with Gasteiger partial charge in [0.25, 0.3) is 0 Å². The fourth-order valence-corrected chi connectivity index (χ4v) is 1.45. The van der Waals surface area contributed by atoms with Crippen molar-refractivity contribution in [2.45, 2.75) is 26.4 Å². The summed E-state index contributed by atoms with van der Waals surface area (Å²) >= 11 is 0. The number of rotatable bonds is 8. The van der Waals surface area contributed by atoms with E-state index < -0.39 is 5.97 Å². The normalized spacial score (nSPS) is 12.5. The molecule has 0 saturated carbocycles. The van der Waals surface area contributed by atoms with E-state index in [1.54, 1.807) is 0 Å². The van der Waals surface area contributed by atoms with Gasteiger partial charge in [0.15, 0.2) is 0 Å². The smallest absolute Gasteiger partial charge is 0.323 e. The maximum absolute atomic E-state index is 11.9. The van der Waals surface area contributed by atoms with Gasteiger partial charge < -0.3 is 20.5 Å². The average molecular weight is 246 g/mol. The molecule has 1 amide bonds. The number of nitrogens with two attached hydrogens (primary N) is 1. The predicted octanol–water partition coefficient (Wildman–Crippen LogP) is -0.0806. The first-order chi connectivity index (χ1) is 7.90. The number of hydrogen-bond donors (Lipinski definition) is 2. The molecule has 0 aromatic rings. The molecule has 100 valence electrons. The van der Waals surface area contributed by atoms with Crippen molar-refractivity contribution in [3.8, 4) is 0 Å². The van der Waals surface area contributed by atoms with Crippen LogP contribution in [-0.4, -0.2) is 54.7 Å². The Balaban J connectivity index is 4.45. The highest BCUT2D eigenvalue weighted by atomic mass is 16.5. The van der Waals surface area contributed by atoms with Gasteiger partial charge in [-0.15, -0.1) is 0 Å². The van der Waals surface area contributed by atoms with Crippen LogP contribution in [0.2, 0.25) is 0 Å². The summed E-state index contributed by atoms with van der Waals surface area (Å²) in [6.45, 7) is 4.24. The van der Waals surface area contributed by atoms with Gasteiger partial charge in [-0.1, -0.05) is 13.8 Å². The number of aliphatic carboxylic acids is 1. The largest absolute Gasteiger partial charge is 0.480 e. The van der Waals surface area contributed by atoms with Crippen LogP contribution in [0, 0.1) is 5.92 Å². The first-order valence-electron chi connectivity index (χ1n) is 5.63. The molecule has 0 aromatic heterocycles. The highest BCUT2D eigenvalue weighted by molar-refractivity contribution is 5.81. The second-order valence-electron chi connectivity index (χ2n) is 4.36. The molecule has 3 N–H and O–H groups in total. The minimum Gasteiger partial charge on any atom is -0.480 e. The maximum atomic E-state index is 11.9. The molecule has 0 bridgehead atoms. The monoisotopic (exact) mass is 246 g/mol. The molecule has 6 heteroatoms. The third kappa shape index (κ3) is 6.91. The zero-order valence-electron chi connectivity index (χ0n) is 10.7. The molecule has 0 radical (unpaired) electrons. The van der Waals surface area contributed by atoms with Gasteiger partial charge in [-0.3, -0.25) is 9.59 Å². The van der Waals surface area contributed by atoms with Gasteiger partial charge in [-0.05, 0) is 5.92 Å². The van der Waals surface area contributed by atoms with Gasteiger partial charge in [0.05, 0.1) is 12.5 Å². The molecule has 17 heavy (non-hydrogen) atoms. The van der Waals surface area contributed by atoms with Crippen LogP contribution in [0.4, 0.5) is 0 Å². The van der Waals surface area contributed by atoms with Crippen molar-refractivity contribution in [3.05, 3.63) is 0 Å². The van der Waals surface area contributed by atoms with Crippen molar-refractivity contribution in [1.29, 1.82) is 0 Å². The van der Waals surface area contributed by atoms with E-state index in [1.807, 2.05) is 13.8 Å². The van der Waals surface area contributed by atoms with Crippen molar-refractivity contribution in [3.63, 3.8) is 0 Å². The van der Waals surface area contributed by atoms with Crippen LogP contribution >= 0.6 is 0 Å². The fourth-order valence-electron chi connectivity index (χ4n) is 1.45. The number of carboxylic acids is 1. The lowest BCUT2D eigenvalue weighted by molar-refractivity contribution is -0.145. The van der Waals surface area contributed by atoms with E-state index in [9.17, 15) is 9.59 Å². The Bertz CT molecular complexity index is 252. The number of carbonyl (C=O) groups is 2. The Morgan fingerprint density at radius 3 is 2.35 bits per heavy atom. The third-order valence-corrected chi connectivity index (χ3v) is 2.26. The number of nitrogens with zero attached hydrogens (tertiary/aromatic N) is 1. The van der Waals surface area contributed by atoms with E-state index in [0.717, 1.165) is 0 Å². The lowest BCUT2D eigenvalue weighted by Gasteiger charge is -2.24. The van der Waals surface area contributed by atoms with Crippen LogP contribution in [0.25, 0.3) is 0 Å². The van der Waals surface area contributed by atoms with Crippen LogP contribution in [0.3, 0.4) is 0 Å². The summed E-state index contributed by atoms with van der Waals surface area (Å²) in [7, 11) is 1.48. The van der Waals surface area contributed by atoms with E-state index in [0.29, 0.717) is 6.54 Å². The molecule has 0 rings (SSSR count). The molecule has 0 heterocycles. The molecule has 0 saturated heterocycles. The first-order valence-corrected chi connectivity index (χ1v) is 5.63. The summed E-state index contributed by atoms with van der Waals surface area (Å²) in [4.78, 5) is 23.9. The summed E-state index contributed by atoms with van der Waals surface area (Å²) < 4.78 is 5.01. The maximum Gasteiger partial charge on any atom is 0.323 e. The third-order valence-electron chi connectivity index (χ3n) is 2.26. The Kier molecular flexibility index (Phi) is 7.49. The van der Waals surface area contributed by atoms with Crippen molar-refractivity contribution in [1.82, 2.24) is 4.90 Å². The zero-order valence-corrected chi connectivity index (χ0v) is 10.7. The number of carbonyl (C=O) groups excluding carboxylic acids is 1. The lowest BCUT2D eigenvalue weighted by atomic mass is 10.1. The standard InChI is InChI=1S/C11H22N2O4/c1-8(2)6-13(7-11(15)16)10(14)4-9(5-12)17-3/h8-9H,4-7,12H2,1-3H3,(H,15,16). The highest BCUT2D eigenvalue weighted by Gasteiger charge is 2.20. The van der Waals surface area contributed by atoms with Crippen molar-refractivity contribution >= 4 is 11.9 Å². The van der Waals surface area contributed by atoms with Gasteiger partial charge in [0.1, 0.15) is 6.54 Å². The van der Waals surface area contributed by atoms with E-state index in [4.69, 9.17) is 15.6 Å². The predicted molar refractivity (Wildman–Crippen MR) is 63.5 cm³/mol. The molecule has 0 spiro atoms. The highest BCUT2D eigenvalue weighted by Crippen LogP contribution is 2.05. The minimum atomic E-state index is -1.01. The van der Waals surface area contributed by atoms with Crippen LogP contribution in [0.5, 0.6) is 0 Å². The first kappa shape index (κ1) is 15.9. The van der Waals surface area contributed by atoms with Crippen molar-refractivity contribution in [2.24, 2.45) is 11.7 Å². The summed E-state index contributed by atoms with van der Waals surface area (Å²) in [6.07, 6.45) is -0.238.